The highest BCUT2D eigenvalue weighted by Crippen LogP contribution is 2.43. The third-order valence-electron chi connectivity index (χ3n) is 3.59. The van der Waals surface area contributed by atoms with Crippen LogP contribution in [0.3, 0.4) is 0 Å². The Morgan fingerprint density at radius 3 is 2.19 bits per heavy atom. The quantitative estimate of drug-likeness (QED) is 0.898. The van der Waals surface area contributed by atoms with Gasteiger partial charge in [0.2, 0.25) is 5.91 Å². The molecule has 114 valence electrons. The molecule has 1 aliphatic rings. The molecular weight excluding hydrogens is 313 g/mol. The minimum Gasteiger partial charge on any atom is -0.481 e. The molecule has 21 heavy (non-hydrogen) atoms. The molecule has 1 aromatic rings. The van der Waals surface area contributed by atoms with Crippen LogP contribution >= 0.6 is 23.2 Å². The highest BCUT2D eigenvalue weighted by molar-refractivity contribution is 6.34. The summed E-state index contributed by atoms with van der Waals surface area (Å²) in [5, 5.41) is 10.3. The zero-order chi connectivity index (χ0) is 15.9. The number of benzene rings is 1. The number of hydrogen-bond acceptors (Lipinski definition) is 2. The molecule has 1 amide bonds. The van der Waals surface area contributed by atoms with Crippen LogP contribution in [0.15, 0.2) is 18.2 Å². The lowest BCUT2D eigenvalue weighted by molar-refractivity contribution is -0.142. The molecule has 4 nitrogen and oxygen atoms in total. The number of hydrogen-bond donors (Lipinski definition) is 1. The average Bonchev–Trinajstić information content (AvgIpc) is 2.65. The first kappa shape index (κ1) is 16.1. The van der Waals surface area contributed by atoms with Gasteiger partial charge in [0, 0.05) is 22.0 Å². The molecule has 2 unspecified atom stereocenters. The summed E-state index contributed by atoms with van der Waals surface area (Å²) in [6, 6.07) is 4.36. The topological polar surface area (TPSA) is 57.6 Å². The summed E-state index contributed by atoms with van der Waals surface area (Å²) in [5.41, 5.74) is 0.168. The fraction of sp³-hybridized carbons (Fsp3) is 0.467. The zero-order valence-corrected chi connectivity index (χ0v) is 13.6. The molecule has 2 atom stereocenters. The van der Waals surface area contributed by atoms with Gasteiger partial charge < -0.3 is 10.0 Å². The number of carboxylic acid groups (broad SMARTS) is 1. The number of rotatable bonds is 2. The molecule has 0 spiro atoms. The van der Waals surface area contributed by atoms with Crippen LogP contribution in [0.5, 0.6) is 0 Å². The summed E-state index contributed by atoms with van der Waals surface area (Å²) in [7, 11) is 0. The van der Waals surface area contributed by atoms with Crippen molar-refractivity contribution in [2.75, 3.05) is 0 Å². The molecule has 0 bridgehead atoms. The van der Waals surface area contributed by atoms with Crippen molar-refractivity contribution in [3.8, 4) is 0 Å². The number of nitrogens with zero attached hydrogens (tertiary/aromatic N) is 1. The van der Waals surface area contributed by atoms with E-state index in [0.29, 0.717) is 15.6 Å². The van der Waals surface area contributed by atoms with Crippen molar-refractivity contribution in [2.24, 2.45) is 5.92 Å². The maximum Gasteiger partial charge on any atom is 0.309 e. The van der Waals surface area contributed by atoms with E-state index in [1.807, 2.05) is 20.8 Å². The molecule has 1 aliphatic heterocycles. The van der Waals surface area contributed by atoms with Crippen molar-refractivity contribution < 1.29 is 14.7 Å². The predicted octanol–water partition coefficient (Wildman–Crippen LogP) is 3.77. The van der Waals surface area contributed by atoms with Crippen molar-refractivity contribution in [1.82, 2.24) is 4.90 Å². The van der Waals surface area contributed by atoms with Crippen LogP contribution in [0.25, 0.3) is 0 Å². The lowest BCUT2D eigenvalue weighted by atomic mass is 9.92. The highest BCUT2D eigenvalue weighted by atomic mass is 35.5. The Balaban J connectivity index is 2.57. The highest BCUT2D eigenvalue weighted by Gasteiger charge is 2.48. The SMILES string of the molecule is CC(C)(C)N1C(=O)CC(C(=O)O)C1c1cc(Cl)cc(Cl)c1. The van der Waals surface area contributed by atoms with Gasteiger partial charge in [-0.15, -0.1) is 0 Å². The average molecular weight is 330 g/mol. The van der Waals surface area contributed by atoms with Gasteiger partial charge in [0.05, 0.1) is 12.0 Å². The maximum atomic E-state index is 12.3. The van der Waals surface area contributed by atoms with Crippen LogP contribution in [0.4, 0.5) is 0 Å². The first-order valence-electron chi connectivity index (χ1n) is 6.62. The largest absolute Gasteiger partial charge is 0.481 e. The molecule has 1 heterocycles. The Hall–Kier alpha value is -1.26. The lowest BCUT2D eigenvalue weighted by Crippen LogP contribution is -2.44. The first-order chi connectivity index (χ1) is 9.61. The van der Waals surface area contributed by atoms with E-state index in [1.165, 1.54) is 0 Å². The van der Waals surface area contributed by atoms with E-state index in [4.69, 9.17) is 23.2 Å². The lowest BCUT2D eigenvalue weighted by Gasteiger charge is -2.38. The molecule has 1 fully saturated rings. The molecule has 0 aliphatic carbocycles. The van der Waals surface area contributed by atoms with Crippen molar-refractivity contribution in [3.05, 3.63) is 33.8 Å². The first-order valence-corrected chi connectivity index (χ1v) is 7.38. The molecule has 0 aromatic heterocycles. The smallest absolute Gasteiger partial charge is 0.309 e. The predicted molar refractivity (Wildman–Crippen MR) is 81.5 cm³/mol. The van der Waals surface area contributed by atoms with Gasteiger partial charge in [-0.3, -0.25) is 9.59 Å². The molecule has 0 saturated carbocycles. The Labute approximate surface area is 133 Å². The number of halogens is 2. The number of aliphatic carboxylic acids is 1. The molecule has 1 N–H and O–H groups in total. The molecule has 1 saturated heterocycles. The molecular formula is C15H17Cl2NO3. The Kier molecular flexibility index (Phi) is 4.22. The monoisotopic (exact) mass is 329 g/mol. The number of carbonyl (C=O) groups is 2. The van der Waals surface area contributed by atoms with E-state index in [1.54, 1.807) is 23.1 Å². The summed E-state index contributed by atoms with van der Waals surface area (Å²) in [5.74, 6) is -1.96. The van der Waals surface area contributed by atoms with Gasteiger partial charge in [-0.2, -0.15) is 0 Å². The minimum absolute atomic E-state index is 0.0125. The molecule has 2 rings (SSSR count). The fourth-order valence-electron chi connectivity index (χ4n) is 2.87. The molecule has 0 radical (unpaired) electrons. The van der Waals surface area contributed by atoms with Gasteiger partial charge >= 0.3 is 5.97 Å². The van der Waals surface area contributed by atoms with Crippen molar-refractivity contribution >= 4 is 35.1 Å². The van der Waals surface area contributed by atoms with Crippen LogP contribution < -0.4 is 0 Å². The van der Waals surface area contributed by atoms with E-state index < -0.39 is 23.5 Å². The second-order valence-electron chi connectivity index (χ2n) is 6.23. The van der Waals surface area contributed by atoms with Crippen LogP contribution in [0.1, 0.15) is 38.8 Å². The van der Waals surface area contributed by atoms with Gasteiger partial charge in [0.1, 0.15) is 0 Å². The molecule has 6 heteroatoms. The van der Waals surface area contributed by atoms with Crippen molar-refractivity contribution in [2.45, 2.75) is 38.8 Å². The van der Waals surface area contributed by atoms with E-state index >= 15 is 0 Å². The van der Waals surface area contributed by atoms with Crippen LogP contribution in [-0.4, -0.2) is 27.4 Å². The number of carbonyl (C=O) groups excluding carboxylic acids is 1. The standard InChI is InChI=1S/C15H17Cl2NO3/c1-15(2,3)18-12(19)7-11(14(20)21)13(18)8-4-9(16)6-10(17)5-8/h4-6,11,13H,7H2,1-3H3,(H,20,21). The fourth-order valence-corrected chi connectivity index (χ4v) is 3.42. The summed E-state index contributed by atoms with van der Waals surface area (Å²) >= 11 is 12.0. The number of amides is 1. The minimum atomic E-state index is -0.990. The normalized spacial score (nSPS) is 22.7. The summed E-state index contributed by atoms with van der Waals surface area (Å²) < 4.78 is 0. The zero-order valence-electron chi connectivity index (χ0n) is 12.1. The summed E-state index contributed by atoms with van der Waals surface area (Å²) in [4.78, 5) is 25.4. The summed E-state index contributed by atoms with van der Waals surface area (Å²) in [6.45, 7) is 5.65. The molecule has 1 aromatic carbocycles. The Bertz CT molecular complexity index is 575. The van der Waals surface area contributed by atoms with Gasteiger partial charge in [0.15, 0.2) is 0 Å². The Morgan fingerprint density at radius 2 is 1.76 bits per heavy atom. The van der Waals surface area contributed by atoms with Crippen LogP contribution in [0, 0.1) is 5.92 Å². The van der Waals surface area contributed by atoms with Crippen LogP contribution in [-0.2, 0) is 9.59 Å². The third-order valence-corrected chi connectivity index (χ3v) is 4.03. The number of carboxylic acids is 1. The van der Waals surface area contributed by atoms with Gasteiger partial charge in [-0.25, -0.2) is 0 Å². The van der Waals surface area contributed by atoms with Gasteiger partial charge in [0.25, 0.3) is 0 Å². The maximum absolute atomic E-state index is 12.3. The van der Waals surface area contributed by atoms with E-state index in [-0.39, 0.29) is 12.3 Å². The van der Waals surface area contributed by atoms with Crippen LogP contribution in [0.2, 0.25) is 10.0 Å². The second kappa shape index (κ2) is 5.50. The van der Waals surface area contributed by atoms with Gasteiger partial charge in [-0.05, 0) is 44.5 Å². The Morgan fingerprint density at radius 1 is 1.24 bits per heavy atom. The third kappa shape index (κ3) is 3.16. The number of likely N-dealkylation sites (tertiary alicyclic amines) is 1. The van der Waals surface area contributed by atoms with Crippen molar-refractivity contribution in [1.29, 1.82) is 0 Å². The van der Waals surface area contributed by atoms with Crippen molar-refractivity contribution in [3.63, 3.8) is 0 Å². The summed E-state index contributed by atoms with van der Waals surface area (Å²) in [6.07, 6.45) is -0.0125. The van der Waals surface area contributed by atoms with E-state index in [0.717, 1.165) is 0 Å². The second-order valence-corrected chi connectivity index (χ2v) is 7.10. The van der Waals surface area contributed by atoms with E-state index in [9.17, 15) is 14.7 Å². The van der Waals surface area contributed by atoms with Gasteiger partial charge in [-0.1, -0.05) is 23.2 Å². The van der Waals surface area contributed by atoms with E-state index in [2.05, 4.69) is 0 Å².